The van der Waals surface area contributed by atoms with Gasteiger partial charge in [-0.25, -0.2) is 0 Å². The molecule has 0 heterocycles. The molecule has 0 aromatic heterocycles. The van der Waals surface area contributed by atoms with Gasteiger partial charge >= 0.3 is 0 Å². The van der Waals surface area contributed by atoms with E-state index in [4.69, 9.17) is 56.8 Å². The van der Waals surface area contributed by atoms with Crippen LogP contribution in [0.1, 0.15) is 573 Å². The molecule has 0 aliphatic carbocycles. The van der Waals surface area contributed by atoms with Crippen LogP contribution >= 0.6 is 0 Å². The van der Waals surface area contributed by atoms with E-state index in [1.54, 1.807) is 48.5 Å². The Hall–Kier alpha value is -7.64. The number of hydrogen-bond acceptors (Lipinski definition) is 16. The Morgan fingerprint density at radius 3 is 0.345 bits per heavy atom. The molecule has 20 heteroatoms. The van der Waals surface area contributed by atoms with Gasteiger partial charge in [-0.15, -0.1) is 0 Å². The molecule has 0 atom stereocenters. The number of benzene rings is 4. The Morgan fingerprint density at radius 2 is 0.232 bits per heavy atom. The standard InChI is InChI=1S/C122H210N4O16/c1-11-21-31-41-47-55-63-75-85-135-111-99-105(100-112(136-86-76-64-56-48-42-32-22-12-2)117(111)141-93-81-69-59-51-45-35-25-15-5)121(129)125-123-119(127)103-95-107(131-83-71-37-27-17-7)115(139-91-73-39-29-19-9)109(97-103)133-89-79-67-61-53-54-62-68-80-90-134-110-98-104(96-108(132-84-72-38-28-18-8)116(110)140-92-74-40-30-20-10)120(128)124-126-122(130)106-101-113(137-87-77-65-57-49-43-33-23-13-3)118(142-94-82-70-60-52-46-36-26-16-6)114(102-106)138-88-78-66-58-50-44-34-24-14-4/h95-102H,11-94H2,1-10H3,(H,123,127)(H,124,128)(H,125,129)(H,126,130). The van der Waals surface area contributed by atoms with Gasteiger partial charge in [0.1, 0.15) is 0 Å². The van der Waals surface area contributed by atoms with Crippen LogP contribution in [-0.4, -0.2) is 103 Å². The van der Waals surface area contributed by atoms with E-state index >= 15 is 0 Å². The van der Waals surface area contributed by atoms with Crippen molar-refractivity contribution in [2.45, 2.75) is 532 Å². The first-order valence-electron chi connectivity index (χ1n) is 59.4. The summed E-state index contributed by atoms with van der Waals surface area (Å²) in [5.74, 6) is 3.53. The summed E-state index contributed by atoms with van der Waals surface area (Å²) in [6.07, 6.45) is 80.0. The van der Waals surface area contributed by atoms with E-state index in [9.17, 15) is 19.2 Å². The van der Waals surface area contributed by atoms with Crippen molar-refractivity contribution >= 4 is 23.6 Å². The SMILES string of the molecule is CCCCCCCCCCOc1cc(C(=O)NNC(=O)c2cc(OCCCCCC)c(OCCCCCC)c(OCCCCCCCCCCOc3cc(C(=O)NNC(=O)c4cc(OCCCCCCCCCC)c(OCCCCCCCCCC)c(OCCCCCCCCCC)c4)cc(OCCCCCC)c3OCCCCCC)c2)cc(OCCCCCCCCCC)c1OCCCCCCCCCC. The number of ether oxygens (including phenoxy) is 12. The second kappa shape index (κ2) is 90.9. The lowest BCUT2D eigenvalue weighted by Crippen LogP contribution is -2.41. The van der Waals surface area contributed by atoms with Crippen LogP contribution in [0.15, 0.2) is 48.5 Å². The summed E-state index contributed by atoms with van der Waals surface area (Å²) in [6, 6.07) is 13.8. The molecule has 0 fully saturated rings. The second-order valence-corrected chi connectivity index (χ2v) is 40.1. The largest absolute Gasteiger partial charge is 0.490 e. The Labute approximate surface area is 867 Å². The van der Waals surface area contributed by atoms with Gasteiger partial charge in [0.05, 0.1) is 79.3 Å². The number of unbranched alkanes of at least 4 members (excludes halogenated alkanes) is 61. The van der Waals surface area contributed by atoms with Crippen molar-refractivity contribution in [3.05, 3.63) is 70.8 Å². The van der Waals surface area contributed by atoms with Crippen LogP contribution in [0.2, 0.25) is 0 Å². The third kappa shape index (κ3) is 62.4. The van der Waals surface area contributed by atoms with Crippen molar-refractivity contribution in [1.29, 1.82) is 0 Å². The first-order valence-corrected chi connectivity index (χ1v) is 59.4. The van der Waals surface area contributed by atoms with Gasteiger partial charge in [0.25, 0.3) is 23.6 Å². The Morgan fingerprint density at radius 1 is 0.141 bits per heavy atom. The first-order chi connectivity index (χ1) is 69.9. The van der Waals surface area contributed by atoms with Crippen molar-refractivity contribution in [1.82, 2.24) is 21.7 Å². The summed E-state index contributed by atoms with van der Waals surface area (Å²) in [5, 5.41) is 0. The van der Waals surface area contributed by atoms with E-state index in [1.165, 1.54) is 205 Å². The zero-order valence-corrected chi connectivity index (χ0v) is 92.5. The lowest BCUT2D eigenvalue weighted by Gasteiger charge is -2.20. The average Bonchev–Trinajstić information content (AvgIpc) is 0.839. The van der Waals surface area contributed by atoms with Gasteiger partial charge in [0, 0.05) is 22.3 Å². The van der Waals surface area contributed by atoms with E-state index in [0.717, 1.165) is 257 Å². The second-order valence-electron chi connectivity index (χ2n) is 40.1. The lowest BCUT2D eigenvalue weighted by molar-refractivity contribution is 0.0845. The molecule has 814 valence electrons. The lowest BCUT2D eigenvalue weighted by atomic mass is 10.1. The number of hydrazine groups is 2. The summed E-state index contributed by atoms with van der Waals surface area (Å²) in [7, 11) is 0. The predicted molar refractivity (Wildman–Crippen MR) is 591 cm³/mol. The minimum atomic E-state index is -0.532. The number of nitrogens with one attached hydrogen (secondary N) is 4. The summed E-state index contributed by atoms with van der Waals surface area (Å²) in [6.45, 7) is 27.8. The highest BCUT2D eigenvalue weighted by atomic mass is 16.6. The summed E-state index contributed by atoms with van der Waals surface area (Å²) in [4.78, 5) is 58.5. The number of hydrogen-bond donors (Lipinski definition) is 4. The monoisotopic (exact) mass is 1990 g/mol. The van der Waals surface area contributed by atoms with Gasteiger partial charge in [0.15, 0.2) is 46.0 Å². The van der Waals surface area contributed by atoms with Gasteiger partial charge in [-0.1, -0.05) is 454 Å². The van der Waals surface area contributed by atoms with Crippen LogP contribution in [0, 0.1) is 0 Å². The smallest absolute Gasteiger partial charge is 0.269 e. The number of carbonyl (C=O) groups excluding carboxylic acids is 4. The summed E-state index contributed by atoms with van der Waals surface area (Å²) >= 11 is 0. The van der Waals surface area contributed by atoms with E-state index in [-0.39, 0.29) is 22.3 Å². The molecule has 4 aromatic carbocycles. The maximum atomic E-state index is 14.6. The van der Waals surface area contributed by atoms with E-state index in [0.29, 0.717) is 148 Å². The fourth-order valence-electron chi connectivity index (χ4n) is 17.7. The van der Waals surface area contributed by atoms with Gasteiger partial charge < -0.3 is 56.8 Å². The van der Waals surface area contributed by atoms with Crippen LogP contribution in [0.4, 0.5) is 0 Å². The Balaban J connectivity index is 1.55. The highest BCUT2D eigenvalue weighted by molar-refractivity contribution is 6.01. The van der Waals surface area contributed by atoms with Crippen LogP contribution in [0.3, 0.4) is 0 Å². The van der Waals surface area contributed by atoms with Gasteiger partial charge in [-0.3, -0.25) is 40.9 Å². The predicted octanol–water partition coefficient (Wildman–Crippen LogP) is 35.4. The van der Waals surface area contributed by atoms with Gasteiger partial charge in [-0.05, 0) is 126 Å². The molecule has 4 amide bonds. The molecule has 142 heavy (non-hydrogen) atoms. The van der Waals surface area contributed by atoms with Gasteiger partial charge in [-0.2, -0.15) is 0 Å². The molecular formula is C122H210N4O16. The van der Waals surface area contributed by atoms with E-state index in [2.05, 4.69) is 90.9 Å². The van der Waals surface area contributed by atoms with Crippen LogP contribution in [-0.2, 0) is 0 Å². The third-order valence-corrected chi connectivity index (χ3v) is 26.8. The van der Waals surface area contributed by atoms with Crippen LogP contribution in [0.5, 0.6) is 69.0 Å². The Bertz CT molecular complexity index is 3380. The fourth-order valence-corrected chi connectivity index (χ4v) is 17.7. The van der Waals surface area contributed by atoms with E-state index in [1.807, 2.05) is 0 Å². The van der Waals surface area contributed by atoms with Gasteiger partial charge in [0.2, 0.25) is 23.0 Å². The third-order valence-electron chi connectivity index (χ3n) is 26.8. The zero-order chi connectivity index (χ0) is 102. The minimum absolute atomic E-state index is 0.259. The summed E-state index contributed by atoms with van der Waals surface area (Å²) in [5.41, 5.74) is 12.1. The molecule has 0 aliphatic heterocycles. The van der Waals surface area contributed by atoms with Crippen LogP contribution in [0.25, 0.3) is 0 Å². The van der Waals surface area contributed by atoms with E-state index < -0.39 is 23.6 Å². The van der Waals surface area contributed by atoms with Crippen molar-refractivity contribution in [3.8, 4) is 69.0 Å². The maximum Gasteiger partial charge on any atom is 0.269 e. The molecular weight excluding hydrogens is 1780 g/mol. The molecule has 0 saturated carbocycles. The topological polar surface area (TPSA) is 227 Å². The molecule has 0 radical (unpaired) electrons. The molecule has 0 bridgehead atoms. The minimum Gasteiger partial charge on any atom is -0.490 e. The average molecular weight is 1990 g/mol. The maximum absolute atomic E-state index is 14.6. The normalized spacial score (nSPS) is 11.3. The molecule has 0 aliphatic rings. The number of carbonyl (C=O) groups is 4. The highest BCUT2D eigenvalue weighted by Gasteiger charge is 2.27. The molecule has 0 saturated heterocycles. The molecule has 0 spiro atoms. The molecule has 0 unspecified atom stereocenters. The summed E-state index contributed by atoms with van der Waals surface area (Å²) < 4.78 is 79.5. The zero-order valence-electron chi connectivity index (χ0n) is 92.5. The molecule has 20 nitrogen and oxygen atoms in total. The first kappa shape index (κ1) is 127. The fraction of sp³-hybridized carbons (Fsp3) is 0.770. The molecule has 4 N–H and O–H groups in total. The van der Waals surface area contributed by atoms with Crippen LogP contribution < -0.4 is 78.5 Å². The van der Waals surface area contributed by atoms with Crippen molar-refractivity contribution in [3.63, 3.8) is 0 Å². The molecule has 4 aromatic rings. The van der Waals surface area contributed by atoms with Crippen molar-refractivity contribution in [2.24, 2.45) is 0 Å². The molecule has 4 rings (SSSR count). The number of rotatable bonds is 101. The van der Waals surface area contributed by atoms with Crippen molar-refractivity contribution < 1.29 is 76.0 Å². The number of amides is 4. The highest BCUT2D eigenvalue weighted by Crippen LogP contribution is 2.45. The Kier molecular flexibility index (Phi) is 81.0. The van der Waals surface area contributed by atoms with Crippen molar-refractivity contribution in [2.75, 3.05) is 79.3 Å². The quantitative estimate of drug-likeness (QED) is 0.0238.